The van der Waals surface area contributed by atoms with Gasteiger partial charge >= 0.3 is 6.03 Å². The first-order valence-electron chi connectivity index (χ1n) is 6.43. The second kappa shape index (κ2) is 7.50. The summed E-state index contributed by atoms with van der Waals surface area (Å²) in [6.45, 7) is 0.788. The smallest absolute Gasteiger partial charge is 0.315 e. The minimum Gasteiger partial charge on any atom is -0.496 e. The molecule has 0 bridgehead atoms. The van der Waals surface area contributed by atoms with Crippen LogP contribution in [0.15, 0.2) is 42.6 Å². The number of rotatable bonds is 5. The molecule has 0 fully saturated rings. The van der Waals surface area contributed by atoms with Crippen molar-refractivity contribution in [3.8, 4) is 5.75 Å². The molecule has 2 rings (SSSR count). The van der Waals surface area contributed by atoms with Gasteiger partial charge in [0.15, 0.2) is 0 Å². The van der Waals surface area contributed by atoms with Crippen molar-refractivity contribution in [2.75, 3.05) is 7.11 Å². The summed E-state index contributed by atoms with van der Waals surface area (Å²) in [7, 11) is 1.60. The molecule has 1 heterocycles. The Kier molecular flexibility index (Phi) is 5.40. The average Bonchev–Trinajstić information content (AvgIpc) is 2.52. The van der Waals surface area contributed by atoms with E-state index in [1.54, 1.807) is 19.4 Å². The number of urea groups is 1. The van der Waals surface area contributed by atoms with E-state index in [1.807, 2.05) is 30.3 Å². The Morgan fingerprint density at radius 2 is 1.95 bits per heavy atom. The summed E-state index contributed by atoms with van der Waals surface area (Å²) in [6, 6.07) is 10.8. The fraction of sp³-hybridized carbons (Fsp3) is 0.200. The Labute approximate surface area is 128 Å². The molecule has 0 aliphatic heterocycles. The number of para-hydroxylation sites is 1. The zero-order chi connectivity index (χ0) is 15.1. The quantitative estimate of drug-likeness (QED) is 0.835. The van der Waals surface area contributed by atoms with Crippen molar-refractivity contribution in [3.05, 3.63) is 58.9 Å². The summed E-state index contributed by atoms with van der Waals surface area (Å²) >= 11 is 5.70. The van der Waals surface area contributed by atoms with E-state index in [0.29, 0.717) is 18.2 Å². The number of hydrogen-bond donors (Lipinski definition) is 2. The van der Waals surface area contributed by atoms with Crippen molar-refractivity contribution in [2.45, 2.75) is 13.1 Å². The van der Waals surface area contributed by atoms with Crippen LogP contribution in [0.4, 0.5) is 4.79 Å². The third-order valence-corrected chi connectivity index (χ3v) is 3.10. The molecule has 0 unspecified atom stereocenters. The van der Waals surface area contributed by atoms with E-state index in [0.717, 1.165) is 16.9 Å². The largest absolute Gasteiger partial charge is 0.496 e. The molecule has 0 saturated carbocycles. The van der Waals surface area contributed by atoms with E-state index >= 15 is 0 Å². The fourth-order valence-corrected chi connectivity index (χ4v) is 1.89. The third kappa shape index (κ3) is 4.65. The predicted octanol–water partition coefficient (Wildman–Crippen LogP) is 2.74. The number of benzene rings is 1. The molecule has 21 heavy (non-hydrogen) atoms. The summed E-state index contributed by atoms with van der Waals surface area (Å²) in [6.07, 6.45) is 1.63. The number of aromatic nitrogens is 1. The van der Waals surface area contributed by atoms with Crippen molar-refractivity contribution >= 4 is 17.6 Å². The minimum absolute atomic E-state index is 0.254. The van der Waals surface area contributed by atoms with E-state index in [9.17, 15) is 4.79 Å². The van der Waals surface area contributed by atoms with Crippen LogP contribution in [0.2, 0.25) is 5.15 Å². The summed E-state index contributed by atoms with van der Waals surface area (Å²) in [4.78, 5) is 15.7. The van der Waals surface area contributed by atoms with Crippen LogP contribution < -0.4 is 15.4 Å². The third-order valence-electron chi connectivity index (χ3n) is 2.87. The second-order valence-electron chi connectivity index (χ2n) is 4.34. The first-order chi connectivity index (χ1) is 10.2. The van der Waals surface area contributed by atoms with E-state index in [4.69, 9.17) is 16.3 Å². The van der Waals surface area contributed by atoms with Gasteiger partial charge < -0.3 is 15.4 Å². The summed E-state index contributed by atoms with van der Waals surface area (Å²) in [5, 5.41) is 5.96. The topological polar surface area (TPSA) is 63.2 Å². The van der Waals surface area contributed by atoms with Crippen molar-refractivity contribution in [3.63, 3.8) is 0 Å². The van der Waals surface area contributed by atoms with Crippen LogP contribution in [0.25, 0.3) is 0 Å². The SMILES string of the molecule is COc1ccccc1CNC(=O)NCc1ccc(Cl)nc1. The lowest BCUT2D eigenvalue weighted by Gasteiger charge is -2.10. The molecular formula is C15H16ClN3O2. The van der Waals surface area contributed by atoms with Gasteiger partial charge in [-0.1, -0.05) is 35.9 Å². The molecular weight excluding hydrogens is 290 g/mol. The molecule has 2 N–H and O–H groups in total. The number of methoxy groups -OCH3 is 1. The predicted molar refractivity (Wildman–Crippen MR) is 81.3 cm³/mol. The zero-order valence-corrected chi connectivity index (χ0v) is 12.4. The molecule has 5 nitrogen and oxygen atoms in total. The molecule has 1 aromatic heterocycles. The molecule has 2 aromatic rings. The van der Waals surface area contributed by atoms with E-state index < -0.39 is 0 Å². The van der Waals surface area contributed by atoms with Crippen LogP contribution in [0.3, 0.4) is 0 Å². The van der Waals surface area contributed by atoms with Gasteiger partial charge in [-0.05, 0) is 17.7 Å². The number of carbonyl (C=O) groups excluding carboxylic acids is 1. The first kappa shape index (κ1) is 15.1. The zero-order valence-electron chi connectivity index (χ0n) is 11.6. The fourth-order valence-electron chi connectivity index (χ4n) is 1.78. The van der Waals surface area contributed by atoms with Gasteiger partial charge in [-0.2, -0.15) is 0 Å². The van der Waals surface area contributed by atoms with Crippen molar-refractivity contribution < 1.29 is 9.53 Å². The highest BCUT2D eigenvalue weighted by atomic mass is 35.5. The molecule has 0 saturated heterocycles. The lowest BCUT2D eigenvalue weighted by Crippen LogP contribution is -2.34. The van der Waals surface area contributed by atoms with Crippen LogP contribution in [0, 0.1) is 0 Å². The number of hydrogen-bond acceptors (Lipinski definition) is 3. The molecule has 0 radical (unpaired) electrons. The number of halogens is 1. The van der Waals surface area contributed by atoms with E-state index in [-0.39, 0.29) is 6.03 Å². The number of carbonyl (C=O) groups is 1. The lowest BCUT2D eigenvalue weighted by molar-refractivity contribution is 0.240. The normalized spacial score (nSPS) is 10.0. The van der Waals surface area contributed by atoms with Crippen LogP contribution in [0.1, 0.15) is 11.1 Å². The van der Waals surface area contributed by atoms with Gasteiger partial charge in [0.05, 0.1) is 7.11 Å². The van der Waals surface area contributed by atoms with Gasteiger partial charge in [0.25, 0.3) is 0 Å². The monoisotopic (exact) mass is 305 g/mol. The maximum atomic E-state index is 11.7. The summed E-state index contributed by atoms with van der Waals surface area (Å²) in [5.74, 6) is 0.750. The standard InChI is InChI=1S/C15H16ClN3O2/c1-21-13-5-3-2-4-12(13)10-19-15(20)18-9-11-6-7-14(16)17-8-11/h2-8H,9-10H2,1H3,(H2,18,19,20). The van der Waals surface area contributed by atoms with Crippen LogP contribution in [-0.2, 0) is 13.1 Å². The number of pyridine rings is 1. The van der Waals surface area contributed by atoms with Crippen LogP contribution >= 0.6 is 11.6 Å². The maximum absolute atomic E-state index is 11.7. The number of amides is 2. The van der Waals surface area contributed by atoms with Crippen molar-refractivity contribution in [1.82, 2.24) is 15.6 Å². The van der Waals surface area contributed by atoms with Gasteiger partial charge in [-0.3, -0.25) is 0 Å². The Morgan fingerprint density at radius 3 is 2.67 bits per heavy atom. The highest BCUT2D eigenvalue weighted by Crippen LogP contribution is 2.16. The molecule has 1 aromatic carbocycles. The van der Waals surface area contributed by atoms with E-state index in [1.165, 1.54) is 0 Å². The lowest BCUT2D eigenvalue weighted by atomic mass is 10.2. The van der Waals surface area contributed by atoms with Crippen LogP contribution in [-0.4, -0.2) is 18.1 Å². The number of ether oxygens (including phenoxy) is 1. The van der Waals surface area contributed by atoms with E-state index in [2.05, 4.69) is 15.6 Å². The highest BCUT2D eigenvalue weighted by molar-refractivity contribution is 6.29. The number of nitrogens with zero attached hydrogens (tertiary/aromatic N) is 1. The highest BCUT2D eigenvalue weighted by Gasteiger charge is 2.04. The molecule has 2 amide bonds. The molecule has 0 aliphatic rings. The van der Waals surface area contributed by atoms with Gasteiger partial charge in [-0.15, -0.1) is 0 Å². The molecule has 0 atom stereocenters. The first-order valence-corrected chi connectivity index (χ1v) is 6.81. The molecule has 0 spiro atoms. The summed E-state index contributed by atoms with van der Waals surface area (Å²) in [5.41, 5.74) is 1.80. The maximum Gasteiger partial charge on any atom is 0.315 e. The molecule has 110 valence electrons. The van der Waals surface area contributed by atoms with Crippen LogP contribution in [0.5, 0.6) is 5.75 Å². The number of nitrogens with one attached hydrogen (secondary N) is 2. The Bertz CT molecular complexity index is 602. The molecule has 6 heteroatoms. The Balaban J connectivity index is 1.81. The summed E-state index contributed by atoms with van der Waals surface area (Å²) < 4.78 is 5.23. The van der Waals surface area contributed by atoms with Crippen molar-refractivity contribution in [2.24, 2.45) is 0 Å². The average molecular weight is 306 g/mol. The van der Waals surface area contributed by atoms with Gasteiger partial charge in [0.1, 0.15) is 10.9 Å². The Morgan fingerprint density at radius 1 is 1.19 bits per heavy atom. The van der Waals surface area contributed by atoms with Crippen molar-refractivity contribution in [1.29, 1.82) is 0 Å². The van der Waals surface area contributed by atoms with Gasteiger partial charge in [0.2, 0.25) is 0 Å². The molecule has 0 aliphatic carbocycles. The second-order valence-corrected chi connectivity index (χ2v) is 4.72. The Hall–Kier alpha value is -2.27. The van der Waals surface area contributed by atoms with Gasteiger partial charge in [0, 0.05) is 24.8 Å². The minimum atomic E-state index is -0.254. The van der Waals surface area contributed by atoms with Gasteiger partial charge in [-0.25, -0.2) is 9.78 Å².